The Balaban J connectivity index is 2.46. The Morgan fingerprint density at radius 3 is 2.55 bits per heavy atom. The first-order valence-electron chi connectivity index (χ1n) is 6.27. The normalized spacial score (nSPS) is 11.8. The average molecular weight is 300 g/mol. The number of hydrogen-bond acceptors (Lipinski definition) is 3. The number of rotatable bonds is 4. The van der Waals surface area contributed by atoms with Gasteiger partial charge in [-0.3, -0.25) is 0 Å². The van der Waals surface area contributed by atoms with Crippen molar-refractivity contribution in [1.29, 1.82) is 0 Å². The zero-order chi connectivity index (χ0) is 14.8. The van der Waals surface area contributed by atoms with E-state index in [1.807, 2.05) is 26.0 Å². The number of nitrogens with one attached hydrogen (secondary N) is 1. The summed E-state index contributed by atoms with van der Waals surface area (Å²) in [5, 5.41) is 3.35. The van der Waals surface area contributed by atoms with Gasteiger partial charge in [-0.05, 0) is 19.0 Å². The van der Waals surface area contributed by atoms with Crippen molar-refractivity contribution < 1.29 is 13.2 Å². The number of benzene rings is 1. The van der Waals surface area contributed by atoms with Crippen LogP contribution in [0.15, 0.2) is 24.3 Å². The molecule has 0 unspecified atom stereocenters. The molecule has 0 spiro atoms. The summed E-state index contributed by atoms with van der Waals surface area (Å²) in [7, 11) is 0. The Morgan fingerprint density at radius 1 is 1.25 bits per heavy atom. The number of nitrogens with zero attached hydrogens (tertiary/aromatic N) is 1. The molecule has 0 saturated carbocycles. The van der Waals surface area contributed by atoms with Crippen LogP contribution in [-0.4, -0.2) is 11.5 Å². The highest BCUT2D eigenvalue weighted by Crippen LogP contribution is 2.38. The van der Waals surface area contributed by atoms with Crippen LogP contribution in [0, 0.1) is 6.92 Å². The van der Waals surface area contributed by atoms with Crippen LogP contribution in [0.4, 0.5) is 13.2 Å². The van der Waals surface area contributed by atoms with Crippen LogP contribution in [0.2, 0.25) is 0 Å². The molecule has 2 rings (SSSR count). The van der Waals surface area contributed by atoms with Crippen molar-refractivity contribution in [2.75, 3.05) is 6.54 Å². The number of aromatic nitrogens is 1. The SMILES string of the molecule is CCNCc1sc(-c2ccccc2C)nc1C(F)(F)F. The van der Waals surface area contributed by atoms with Gasteiger partial charge in [-0.15, -0.1) is 11.3 Å². The van der Waals surface area contributed by atoms with E-state index >= 15 is 0 Å². The second kappa shape index (κ2) is 5.93. The molecule has 6 heteroatoms. The lowest BCUT2D eigenvalue weighted by molar-refractivity contribution is -0.141. The van der Waals surface area contributed by atoms with Crippen LogP contribution < -0.4 is 5.32 Å². The zero-order valence-corrected chi connectivity index (χ0v) is 12.0. The monoisotopic (exact) mass is 300 g/mol. The van der Waals surface area contributed by atoms with Crippen molar-refractivity contribution in [3.8, 4) is 10.6 Å². The van der Waals surface area contributed by atoms with E-state index in [1.54, 1.807) is 12.1 Å². The second-order valence-corrected chi connectivity index (χ2v) is 5.47. The van der Waals surface area contributed by atoms with Crippen LogP contribution in [0.1, 0.15) is 23.1 Å². The van der Waals surface area contributed by atoms with Gasteiger partial charge in [0, 0.05) is 12.1 Å². The molecule has 0 amide bonds. The summed E-state index contributed by atoms with van der Waals surface area (Å²) in [6.45, 7) is 4.54. The predicted octanol–water partition coefficient (Wildman–Crippen LogP) is 4.25. The minimum absolute atomic E-state index is 0.189. The molecule has 0 fully saturated rings. The molecule has 20 heavy (non-hydrogen) atoms. The molecule has 0 aliphatic rings. The van der Waals surface area contributed by atoms with E-state index in [2.05, 4.69) is 10.3 Å². The predicted molar refractivity (Wildman–Crippen MR) is 74.7 cm³/mol. The molecule has 0 aliphatic heterocycles. The maximum absolute atomic E-state index is 13.0. The van der Waals surface area contributed by atoms with E-state index in [0.29, 0.717) is 11.6 Å². The largest absolute Gasteiger partial charge is 0.434 e. The fraction of sp³-hybridized carbons (Fsp3) is 0.357. The van der Waals surface area contributed by atoms with E-state index in [4.69, 9.17) is 0 Å². The molecule has 0 atom stereocenters. The quantitative estimate of drug-likeness (QED) is 0.913. The molecule has 1 heterocycles. The van der Waals surface area contributed by atoms with Crippen molar-refractivity contribution in [2.24, 2.45) is 0 Å². The summed E-state index contributed by atoms with van der Waals surface area (Å²) >= 11 is 1.10. The van der Waals surface area contributed by atoms with Gasteiger partial charge in [0.25, 0.3) is 0 Å². The molecule has 0 radical (unpaired) electrons. The van der Waals surface area contributed by atoms with Crippen molar-refractivity contribution in [2.45, 2.75) is 26.6 Å². The van der Waals surface area contributed by atoms with Gasteiger partial charge in [-0.2, -0.15) is 13.2 Å². The van der Waals surface area contributed by atoms with Gasteiger partial charge in [-0.1, -0.05) is 31.2 Å². The van der Waals surface area contributed by atoms with Crippen molar-refractivity contribution >= 4 is 11.3 Å². The summed E-state index contributed by atoms with van der Waals surface area (Å²) in [5.41, 5.74) is 0.900. The van der Waals surface area contributed by atoms with Crippen molar-refractivity contribution in [1.82, 2.24) is 10.3 Å². The van der Waals surface area contributed by atoms with Crippen LogP contribution in [-0.2, 0) is 12.7 Å². The lowest BCUT2D eigenvalue weighted by Gasteiger charge is -2.05. The standard InChI is InChI=1S/C14H15F3N2S/c1-3-18-8-11-12(14(15,16)17)19-13(20-11)10-7-5-4-6-9(10)2/h4-7,18H,3,8H2,1-2H3. The molecular weight excluding hydrogens is 285 g/mol. The van der Waals surface area contributed by atoms with Crippen LogP contribution in [0.25, 0.3) is 10.6 Å². The number of aryl methyl sites for hydroxylation is 1. The summed E-state index contributed by atoms with van der Waals surface area (Å²) in [5.74, 6) is 0. The third-order valence-corrected chi connectivity index (χ3v) is 3.97. The van der Waals surface area contributed by atoms with Crippen LogP contribution in [0.5, 0.6) is 0 Å². The van der Waals surface area contributed by atoms with Gasteiger partial charge in [0.1, 0.15) is 5.01 Å². The van der Waals surface area contributed by atoms with Gasteiger partial charge >= 0.3 is 6.18 Å². The molecule has 1 N–H and O–H groups in total. The smallest absolute Gasteiger partial charge is 0.312 e. The molecule has 0 aliphatic carbocycles. The van der Waals surface area contributed by atoms with Gasteiger partial charge in [0.2, 0.25) is 0 Å². The first kappa shape index (κ1) is 15.0. The fourth-order valence-corrected chi connectivity index (χ4v) is 3.00. The Morgan fingerprint density at radius 2 is 1.95 bits per heavy atom. The molecule has 1 aromatic heterocycles. The van der Waals surface area contributed by atoms with Gasteiger partial charge in [0.15, 0.2) is 5.69 Å². The highest BCUT2D eigenvalue weighted by molar-refractivity contribution is 7.15. The number of hydrogen-bond donors (Lipinski definition) is 1. The van der Waals surface area contributed by atoms with E-state index < -0.39 is 11.9 Å². The molecule has 1 aromatic carbocycles. The second-order valence-electron chi connectivity index (χ2n) is 4.38. The lowest BCUT2D eigenvalue weighted by Crippen LogP contribution is -2.15. The minimum atomic E-state index is -4.41. The summed E-state index contributed by atoms with van der Waals surface area (Å²) in [6, 6.07) is 7.33. The maximum atomic E-state index is 13.0. The maximum Gasteiger partial charge on any atom is 0.434 e. The zero-order valence-electron chi connectivity index (χ0n) is 11.2. The molecule has 2 aromatic rings. The summed E-state index contributed by atoms with van der Waals surface area (Å²) in [6.07, 6.45) is -4.41. The lowest BCUT2D eigenvalue weighted by atomic mass is 10.1. The Kier molecular flexibility index (Phi) is 4.45. The number of alkyl halides is 3. The third kappa shape index (κ3) is 3.19. The van der Waals surface area contributed by atoms with E-state index in [9.17, 15) is 13.2 Å². The topological polar surface area (TPSA) is 24.9 Å². The first-order valence-corrected chi connectivity index (χ1v) is 7.08. The summed E-state index contributed by atoms with van der Waals surface area (Å²) in [4.78, 5) is 4.05. The highest BCUT2D eigenvalue weighted by Gasteiger charge is 2.37. The van der Waals surface area contributed by atoms with Crippen LogP contribution in [0.3, 0.4) is 0 Å². The fourth-order valence-electron chi connectivity index (χ4n) is 1.86. The van der Waals surface area contributed by atoms with Crippen molar-refractivity contribution in [3.63, 3.8) is 0 Å². The Labute approximate surface area is 119 Å². The van der Waals surface area contributed by atoms with E-state index in [1.165, 1.54) is 0 Å². The molecule has 0 saturated heterocycles. The van der Waals surface area contributed by atoms with Gasteiger partial charge < -0.3 is 5.32 Å². The number of thiazole rings is 1. The van der Waals surface area contributed by atoms with E-state index in [-0.39, 0.29) is 11.4 Å². The number of halogens is 3. The highest BCUT2D eigenvalue weighted by atomic mass is 32.1. The molecular formula is C14H15F3N2S. The third-order valence-electron chi connectivity index (χ3n) is 2.88. The molecule has 108 valence electrons. The Bertz CT molecular complexity index is 590. The average Bonchev–Trinajstić information content (AvgIpc) is 2.80. The minimum Gasteiger partial charge on any atom is -0.312 e. The van der Waals surface area contributed by atoms with Crippen molar-refractivity contribution in [3.05, 3.63) is 40.4 Å². The molecule has 0 bridgehead atoms. The van der Waals surface area contributed by atoms with E-state index in [0.717, 1.165) is 22.5 Å². The summed E-state index contributed by atoms with van der Waals surface area (Å²) < 4.78 is 39.1. The first-order chi connectivity index (χ1) is 9.43. The van der Waals surface area contributed by atoms with Gasteiger partial charge in [-0.25, -0.2) is 4.98 Å². The van der Waals surface area contributed by atoms with Crippen LogP contribution >= 0.6 is 11.3 Å². The Hall–Kier alpha value is -1.40. The molecule has 2 nitrogen and oxygen atoms in total. The van der Waals surface area contributed by atoms with Gasteiger partial charge in [0.05, 0.1) is 4.88 Å².